The van der Waals surface area contributed by atoms with E-state index >= 15 is 0 Å². The third kappa shape index (κ3) is 3.46. The molecule has 2 saturated heterocycles. The van der Waals surface area contributed by atoms with Crippen LogP contribution >= 0.6 is 0 Å². The van der Waals surface area contributed by atoms with E-state index in [0.29, 0.717) is 26.4 Å². The van der Waals surface area contributed by atoms with Crippen LogP contribution in [-0.4, -0.2) is 50.6 Å². The van der Waals surface area contributed by atoms with E-state index in [2.05, 4.69) is 17.4 Å². The van der Waals surface area contributed by atoms with Gasteiger partial charge in [0.1, 0.15) is 0 Å². The number of carbonyl (C=O) groups excluding carboxylic acids is 1. The van der Waals surface area contributed by atoms with Crippen molar-refractivity contribution < 1.29 is 19.0 Å². The first kappa shape index (κ1) is 17.0. The zero-order valence-electron chi connectivity index (χ0n) is 14.6. The number of amides is 1. The third-order valence-corrected chi connectivity index (χ3v) is 5.92. The van der Waals surface area contributed by atoms with Crippen molar-refractivity contribution in [2.24, 2.45) is 0 Å². The maximum atomic E-state index is 13.3. The topological polar surface area (TPSA) is 56.8 Å². The summed E-state index contributed by atoms with van der Waals surface area (Å²) in [5, 5.41) is 3.33. The molecule has 3 unspecified atom stereocenters. The quantitative estimate of drug-likeness (QED) is 0.912. The Morgan fingerprint density at radius 3 is 2.44 bits per heavy atom. The molecular weight excluding hydrogens is 318 g/mol. The lowest BCUT2D eigenvalue weighted by molar-refractivity contribution is -0.159. The molecule has 0 aromatic heterocycles. The van der Waals surface area contributed by atoms with Crippen LogP contribution in [-0.2, 0) is 24.4 Å². The fourth-order valence-corrected chi connectivity index (χ4v) is 4.44. The summed E-state index contributed by atoms with van der Waals surface area (Å²) in [7, 11) is 0. The van der Waals surface area contributed by atoms with Crippen LogP contribution in [0.2, 0.25) is 0 Å². The molecule has 136 valence electrons. The van der Waals surface area contributed by atoms with Crippen LogP contribution in [0.4, 0.5) is 0 Å². The van der Waals surface area contributed by atoms with E-state index in [-0.39, 0.29) is 24.2 Å². The highest BCUT2D eigenvalue weighted by molar-refractivity contribution is 5.88. The van der Waals surface area contributed by atoms with Gasteiger partial charge in [0.2, 0.25) is 5.91 Å². The van der Waals surface area contributed by atoms with E-state index in [0.717, 1.165) is 37.7 Å². The molecule has 4 rings (SSSR count). The van der Waals surface area contributed by atoms with Crippen molar-refractivity contribution in [3.8, 4) is 0 Å². The predicted octanol–water partition coefficient (Wildman–Crippen LogP) is 2.19. The summed E-state index contributed by atoms with van der Waals surface area (Å²) in [4.78, 5) is 13.3. The van der Waals surface area contributed by atoms with Gasteiger partial charge in [-0.05, 0) is 37.7 Å². The molecule has 1 aliphatic carbocycles. The largest absolute Gasteiger partial charge is 0.381 e. The van der Waals surface area contributed by atoms with Gasteiger partial charge in [0.15, 0.2) is 0 Å². The van der Waals surface area contributed by atoms with E-state index in [1.54, 1.807) is 0 Å². The van der Waals surface area contributed by atoms with Gasteiger partial charge in [-0.25, -0.2) is 0 Å². The van der Waals surface area contributed by atoms with Gasteiger partial charge in [-0.2, -0.15) is 0 Å². The van der Waals surface area contributed by atoms with Crippen molar-refractivity contribution in [3.05, 3.63) is 35.9 Å². The SMILES string of the molecule is O=C(NC1CCC2OCCOC2C1)C1(c2ccccc2)CCOCC1. The molecule has 0 spiro atoms. The second kappa shape index (κ2) is 7.44. The Morgan fingerprint density at radius 2 is 1.68 bits per heavy atom. The molecule has 3 atom stereocenters. The van der Waals surface area contributed by atoms with Crippen LogP contribution in [0.1, 0.15) is 37.7 Å². The number of hydrogen-bond acceptors (Lipinski definition) is 4. The zero-order valence-corrected chi connectivity index (χ0v) is 14.6. The lowest BCUT2D eigenvalue weighted by Gasteiger charge is -2.41. The zero-order chi connectivity index (χ0) is 17.1. The second-order valence-corrected chi connectivity index (χ2v) is 7.36. The molecule has 0 bridgehead atoms. The molecule has 1 saturated carbocycles. The van der Waals surface area contributed by atoms with E-state index in [9.17, 15) is 4.79 Å². The van der Waals surface area contributed by atoms with Crippen molar-refractivity contribution >= 4 is 5.91 Å². The van der Waals surface area contributed by atoms with Crippen molar-refractivity contribution in [1.29, 1.82) is 0 Å². The standard InChI is InChI=1S/C20H27NO4/c22-19(21-16-6-7-17-18(14-16)25-13-12-24-17)20(8-10-23-11-9-20)15-4-2-1-3-5-15/h1-5,16-18H,6-14H2,(H,21,22). The summed E-state index contributed by atoms with van der Waals surface area (Å²) < 4.78 is 17.2. The van der Waals surface area contributed by atoms with Gasteiger partial charge in [0, 0.05) is 19.3 Å². The molecule has 1 aromatic rings. The molecular formula is C20H27NO4. The van der Waals surface area contributed by atoms with Crippen LogP contribution in [0, 0.1) is 0 Å². The number of hydrogen-bond donors (Lipinski definition) is 1. The first-order valence-electron chi connectivity index (χ1n) is 9.45. The molecule has 0 radical (unpaired) electrons. The number of nitrogens with one attached hydrogen (secondary N) is 1. The number of carbonyl (C=O) groups is 1. The molecule has 25 heavy (non-hydrogen) atoms. The molecule has 1 amide bonds. The molecule has 1 N–H and O–H groups in total. The number of ether oxygens (including phenoxy) is 3. The van der Waals surface area contributed by atoms with Crippen molar-refractivity contribution in [2.45, 2.75) is 55.8 Å². The van der Waals surface area contributed by atoms with Gasteiger partial charge in [-0.3, -0.25) is 4.79 Å². The van der Waals surface area contributed by atoms with E-state index in [1.165, 1.54) is 0 Å². The van der Waals surface area contributed by atoms with Gasteiger partial charge in [0.25, 0.3) is 0 Å². The summed E-state index contributed by atoms with van der Waals surface area (Å²) in [6, 6.07) is 10.3. The maximum Gasteiger partial charge on any atom is 0.231 e. The molecule has 1 aromatic carbocycles. The Labute approximate surface area is 149 Å². The molecule has 2 heterocycles. The summed E-state index contributed by atoms with van der Waals surface area (Å²) in [6.07, 6.45) is 4.55. The Kier molecular flexibility index (Phi) is 5.06. The summed E-state index contributed by atoms with van der Waals surface area (Å²) >= 11 is 0. The Balaban J connectivity index is 1.48. The molecule has 3 fully saturated rings. The summed E-state index contributed by atoms with van der Waals surface area (Å²) in [5.41, 5.74) is 0.627. The molecule has 5 nitrogen and oxygen atoms in total. The lowest BCUT2D eigenvalue weighted by Crippen LogP contribution is -2.54. The van der Waals surface area contributed by atoms with Crippen molar-refractivity contribution in [3.63, 3.8) is 0 Å². The van der Waals surface area contributed by atoms with Gasteiger partial charge < -0.3 is 19.5 Å². The highest BCUT2D eigenvalue weighted by atomic mass is 16.6. The highest BCUT2D eigenvalue weighted by Crippen LogP contribution is 2.36. The van der Waals surface area contributed by atoms with Crippen LogP contribution in [0.15, 0.2) is 30.3 Å². The van der Waals surface area contributed by atoms with Crippen molar-refractivity contribution in [1.82, 2.24) is 5.32 Å². The third-order valence-electron chi connectivity index (χ3n) is 5.92. The summed E-state index contributed by atoms with van der Waals surface area (Å²) in [5.74, 6) is 0.141. The van der Waals surface area contributed by atoms with Crippen LogP contribution in [0.25, 0.3) is 0 Å². The minimum Gasteiger partial charge on any atom is -0.381 e. The first-order valence-corrected chi connectivity index (χ1v) is 9.45. The summed E-state index contributed by atoms with van der Waals surface area (Å²) in [6.45, 7) is 2.62. The van der Waals surface area contributed by atoms with Gasteiger partial charge in [0.05, 0.1) is 30.8 Å². The average molecular weight is 345 g/mol. The Hall–Kier alpha value is -1.43. The van der Waals surface area contributed by atoms with E-state index < -0.39 is 5.41 Å². The number of benzene rings is 1. The van der Waals surface area contributed by atoms with Gasteiger partial charge in [-0.15, -0.1) is 0 Å². The smallest absolute Gasteiger partial charge is 0.231 e. The normalized spacial score (nSPS) is 31.8. The first-order chi connectivity index (χ1) is 12.3. The number of rotatable bonds is 3. The maximum absolute atomic E-state index is 13.3. The minimum absolute atomic E-state index is 0.121. The molecule has 3 aliphatic rings. The van der Waals surface area contributed by atoms with E-state index in [1.807, 2.05) is 18.2 Å². The van der Waals surface area contributed by atoms with Gasteiger partial charge in [-0.1, -0.05) is 30.3 Å². The fraction of sp³-hybridized carbons (Fsp3) is 0.650. The highest BCUT2D eigenvalue weighted by Gasteiger charge is 2.43. The monoisotopic (exact) mass is 345 g/mol. The van der Waals surface area contributed by atoms with Crippen LogP contribution in [0.3, 0.4) is 0 Å². The van der Waals surface area contributed by atoms with Crippen LogP contribution < -0.4 is 5.32 Å². The van der Waals surface area contributed by atoms with Gasteiger partial charge >= 0.3 is 0 Å². The fourth-order valence-electron chi connectivity index (χ4n) is 4.44. The lowest BCUT2D eigenvalue weighted by atomic mass is 9.73. The Morgan fingerprint density at radius 1 is 0.960 bits per heavy atom. The molecule has 5 heteroatoms. The number of fused-ring (bicyclic) bond motifs is 1. The second-order valence-electron chi connectivity index (χ2n) is 7.36. The predicted molar refractivity (Wildman–Crippen MR) is 93.4 cm³/mol. The van der Waals surface area contributed by atoms with Crippen molar-refractivity contribution in [2.75, 3.05) is 26.4 Å². The minimum atomic E-state index is -0.472. The van der Waals surface area contributed by atoms with Crippen LogP contribution in [0.5, 0.6) is 0 Å². The Bertz CT molecular complexity index is 585. The molecule has 2 aliphatic heterocycles. The van der Waals surface area contributed by atoms with E-state index in [4.69, 9.17) is 14.2 Å². The average Bonchev–Trinajstić information content (AvgIpc) is 2.69.